The summed E-state index contributed by atoms with van der Waals surface area (Å²) in [5, 5.41) is 5.44. The average Bonchev–Trinajstić information content (AvgIpc) is 2.54. The van der Waals surface area contributed by atoms with Gasteiger partial charge in [-0.15, -0.1) is 0 Å². The second-order valence-electron chi connectivity index (χ2n) is 4.90. The maximum Gasteiger partial charge on any atom is 0.319 e. The minimum absolute atomic E-state index is 0.187. The summed E-state index contributed by atoms with van der Waals surface area (Å²) in [6.07, 6.45) is 0. The number of hydrogen-bond acceptors (Lipinski definition) is 3. The van der Waals surface area contributed by atoms with Crippen molar-refractivity contribution in [1.29, 1.82) is 0 Å². The predicted octanol–water partition coefficient (Wildman–Crippen LogP) is 3.30. The van der Waals surface area contributed by atoms with Crippen LogP contribution in [0.4, 0.5) is 14.9 Å². The lowest BCUT2D eigenvalue weighted by molar-refractivity contribution is 0.185. The second kappa shape index (κ2) is 8.14. The zero-order valence-corrected chi connectivity index (χ0v) is 13.1. The molecule has 0 aliphatic rings. The molecule has 2 aromatic carbocycles. The molecular weight excluding hydrogens is 299 g/mol. The fraction of sp³-hybridized carbons (Fsp3) is 0.235. The molecule has 0 bridgehead atoms. The van der Waals surface area contributed by atoms with Gasteiger partial charge in [-0.2, -0.15) is 0 Å². The molecular formula is C17H19FN2O3. The van der Waals surface area contributed by atoms with E-state index < -0.39 is 5.82 Å². The molecule has 0 aliphatic heterocycles. The molecule has 0 saturated heterocycles. The number of methoxy groups -OCH3 is 2. The van der Waals surface area contributed by atoms with Crippen LogP contribution in [0, 0.1) is 5.82 Å². The lowest BCUT2D eigenvalue weighted by Crippen LogP contribution is -2.28. The normalized spacial score (nSPS) is 10.2. The summed E-state index contributed by atoms with van der Waals surface area (Å²) in [6, 6.07) is 11.3. The van der Waals surface area contributed by atoms with Gasteiger partial charge in [0.05, 0.1) is 13.7 Å². The van der Waals surface area contributed by atoms with Crippen molar-refractivity contribution >= 4 is 11.7 Å². The molecule has 0 unspecified atom stereocenters. The monoisotopic (exact) mass is 318 g/mol. The van der Waals surface area contributed by atoms with Gasteiger partial charge >= 0.3 is 6.03 Å². The molecule has 2 amide bonds. The Kier molecular flexibility index (Phi) is 5.94. The van der Waals surface area contributed by atoms with Crippen LogP contribution in [0.5, 0.6) is 5.75 Å². The van der Waals surface area contributed by atoms with Gasteiger partial charge in [0, 0.05) is 31.0 Å². The fourth-order valence-corrected chi connectivity index (χ4v) is 2.11. The second-order valence-corrected chi connectivity index (χ2v) is 4.90. The van der Waals surface area contributed by atoms with Gasteiger partial charge < -0.3 is 20.1 Å². The molecule has 0 heterocycles. The van der Waals surface area contributed by atoms with Crippen molar-refractivity contribution in [2.24, 2.45) is 0 Å². The Bertz CT molecular complexity index is 677. The van der Waals surface area contributed by atoms with Crippen molar-refractivity contribution in [3.8, 4) is 5.75 Å². The van der Waals surface area contributed by atoms with Crippen LogP contribution in [0.3, 0.4) is 0 Å². The Morgan fingerprint density at radius 3 is 2.70 bits per heavy atom. The number of urea groups is 1. The highest BCUT2D eigenvalue weighted by molar-refractivity contribution is 5.90. The van der Waals surface area contributed by atoms with Gasteiger partial charge in [0.15, 0.2) is 0 Å². The van der Waals surface area contributed by atoms with Gasteiger partial charge in [-0.1, -0.05) is 18.2 Å². The van der Waals surface area contributed by atoms with E-state index in [0.29, 0.717) is 23.6 Å². The molecule has 2 aromatic rings. The standard InChI is InChI=1S/C17H19FN2O3/c1-22-11-13-5-3-4-6-16(13)20-17(21)19-10-12-7-14(18)9-15(8-12)23-2/h3-9H,10-11H2,1-2H3,(H2,19,20,21). The zero-order valence-electron chi connectivity index (χ0n) is 13.1. The first kappa shape index (κ1) is 16.8. The largest absolute Gasteiger partial charge is 0.497 e. The van der Waals surface area contributed by atoms with Crippen LogP contribution >= 0.6 is 0 Å². The van der Waals surface area contributed by atoms with Crippen LogP contribution < -0.4 is 15.4 Å². The van der Waals surface area contributed by atoms with E-state index in [1.807, 2.05) is 18.2 Å². The SMILES string of the molecule is COCc1ccccc1NC(=O)NCc1cc(F)cc(OC)c1. The third-order valence-electron chi connectivity index (χ3n) is 3.19. The minimum atomic E-state index is -0.410. The average molecular weight is 318 g/mol. The summed E-state index contributed by atoms with van der Waals surface area (Å²) < 4.78 is 23.5. The quantitative estimate of drug-likeness (QED) is 0.859. The summed E-state index contributed by atoms with van der Waals surface area (Å²) in [4.78, 5) is 12.0. The minimum Gasteiger partial charge on any atom is -0.497 e. The van der Waals surface area contributed by atoms with Crippen molar-refractivity contribution in [1.82, 2.24) is 5.32 Å². The number of ether oxygens (including phenoxy) is 2. The Morgan fingerprint density at radius 2 is 1.96 bits per heavy atom. The van der Waals surface area contributed by atoms with E-state index in [9.17, 15) is 9.18 Å². The number of anilines is 1. The molecule has 0 atom stereocenters. The highest BCUT2D eigenvalue weighted by Gasteiger charge is 2.07. The number of carbonyl (C=O) groups is 1. The van der Waals surface area contributed by atoms with Crippen LogP contribution in [0.1, 0.15) is 11.1 Å². The van der Waals surface area contributed by atoms with Gasteiger partial charge in [0.2, 0.25) is 0 Å². The number of rotatable bonds is 6. The molecule has 0 aromatic heterocycles. The maximum absolute atomic E-state index is 13.4. The molecule has 2 rings (SSSR count). The number of amides is 2. The van der Waals surface area contributed by atoms with E-state index in [2.05, 4.69) is 10.6 Å². The van der Waals surface area contributed by atoms with E-state index in [4.69, 9.17) is 9.47 Å². The number of benzene rings is 2. The summed E-state index contributed by atoms with van der Waals surface area (Å²) >= 11 is 0. The zero-order chi connectivity index (χ0) is 16.7. The van der Waals surface area contributed by atoms with Gasteiger partial charge in [0.25, 0.3) is 0 Å². The molecule has 5 nitrogen and oxygen atoms in total. The van der Waals surface area contributed by atoms with Crippen LogP contribution in [0.2, 0.25) is 0 Å². The van der Waals surface area contributed by atoms with E-state index in [1.165, 1.54) is 19.2 Å². The van der Waals surface area contributed by atoms with Crippen LogP contribution in [0.25, 0.3) is 0 Å². The van der Waals surface area contributed by atoms with Crippen molar-refractivity contribution in [3.63, 3.8) is 0 Å². The van der Waals surface area contributed by atoms with E-state index in [-0.39, 0.29) is 12.6 Å². The Morgan fingerprint density at radius 1 is 1.17 bits per heavy atom. The molecule has 0 aliphatic carbocycles. The summed E-state index contributed by atoms with van der Waals surface area (Å²) in [6.45, 7) is 0.587. The highest BCUT2D eigenvalue weighted by Crippen LogP contribution is 2.17. The number of nitrogens with one attached hydrogen (secondary N) is 2. The highest BCUT2D eigenvalue weighted by atomic mass is 19.1. The van der Waals surface area contributed by atoms with Crippen molar-refractivity contribution in [2.75, 3.05) is 19.5 Å². The molecule has 6 heteroatoms. The Labute approximate surface area is 134 Å². The summed E-state index contributed by atoms with van der Waals surface area (Å²) in [5.74, 6) is -0.000327. The van der Waals surface area contributed by atoms with Crippen molar-refractivity contribution < 1.29 is 18.7 Å². The first-order valence-electron chi connectivity index (χ1n) is 7.07. The molecule has 0 saturated carbocycles. The lowest BCUT2D eigenvalue weighted by atomic mass is 10.2. The molecule has 0 spiro atoms. The number of carbonyl (C=O) groups excluding carboxylic acids is 1. The third kappa shape index (κ3) is 4.96. The van der Waals surface area contributed by atoms with Crippen molar-refractivity contribution in [2.45, 2.75) is 13.2 Å². The van der Waals surface area contributed by atoms with E-state index >= 15 is 0 Å². The van der Waals surface area contributed by atoms with E-state index in [1.54, 1.807) is 19.2 Å². The van der Waals surface area contributed by atoms with Gasteiger partial charge in [-0.05, 0) is 23.8 Å². The lowest BCUT2D eigenvalue weighted by Gasteiger charge is -2.12. The molecule has 122 valence electrons. The number of hydrogen-bond donors (Lipinski definition) is 2. The maximum atomic E-state index is 13.4. The summed E-state index contributed by atoms with van der Waals surface area (Å²) in [7, 11) is 3.06. The van der Waals surface area contributed by atoms with E-state index in [0.717, 1.165) is 5.56 Å². The van der Waals surface area contributed by atoms with Gasteiger partial charge in [-0.25, -0.2) is 9.18 Å². The molecule has 0 fully saturated rings. The fourth-order valence-electron chi connectivity index (χ4n) is 2.11. The first-order valence-corrected chi connectivity index (χ1v) is 7.07. The topological polar surface area (TPSA) is 59.6 Å². The van der Waals surface area contributed by atoms with Crippen molar-refractivity contribution in [3.05, 3.63) is 59.4 Å². The number of para-hydroxylation sites is 1. The summed E-state index contributed by atoms with van der Waals surface area (Å²) in [5.41, 5.74) is 2.16. The molecule has 23 heavy (non-hydrogen) atoms. The molecule has 2 N–H and O–H groups in total. The smallest absolute Gasteiger partial charge is 0.319 e. The van der Waals surface area contributed by atoms with Crippen LogP contribution in [-0.4, -0.2) is 20.3 Å². The first-order chi connectivity index (χ1) is 11.1. The Hall–Kier alpha value is -2.60. The molecule has 0 radical (unpaired) electrons. The van der Waals surface area contributed by atoms with Crippen LogP contribution in [-0.2, 0) is 17.9 Å². The Balaban J connectivity index is 1.97. The van der Waals surface area contributed by atoms with Crippen LogP contribution in [0.15, 0.2) is 42.5 Å². The number of halogens is 1. The third-order valence-corrected chi connectivity index (χ3v) is 3.19. The van der Waals surface area contributed by atoms with Gasteiger partial charge in [0.1, 0.15) is 11.6 Å². The predicted molar refractivity (Wildman–Crippen MR) is 86.0 cm³/mol. The van der Waals surface area contributed by atoms with Gasteiger partial charge in [-0.3, -0.25) is 0 Å².